The minimum absolute atomic E-state index is 0.0655. The monoisotopic (exact) mass is 425 g/mol. The van der Waals surface area contributed by atoms with Crippen LogP contribution < -0.4 is 14.8 Å². The molecule has 29 heavy (non-hydrogen) atoms. The largest absolute Gasteiger partial charge is 0.493 e. The van der Waals surface area contributed by atoms with Crippen molar-refractivity contribution < 1.29 is 31.5 Å². The lowest BCUT2D eigenvalue weighted by atomic mass is 10.1. The van der Waals surface area contributed by atoms with E-state index in [1.165, 1.54) is 37.4 Å². The molecule has 0 aliphatic heterocycles. The van der Waals surface area contributed by atoms with Gasteiger partial charge >= 0.3 is 6.61 Å². The van der Waals surface area contributed by atoms with Crippen LogP contribution in [0.1, 0.15) is 25.7 Å². The summed E-state index contributed by atoms with van der Waals surface area (Å²) in [6, 6.07) is 11.8. The third kappa shape index (κ3) is 4.05. The van der Waals surface area contributed by atoms with Gasteiger partial charge in [0.1, 0.15) is 0 Å². The Kier molecular flexibility index (Phi) is 6.07. The molecule has 9 heteroatoms. The van der Waals surface area contributed by atoms with E-state index in [2.05, 4.69) is 10.1 Å². The van der Waals surface area contributed by atoms with Gasteiger partial charge in [0, 0.05) is 11.8 Å². The normalized spacial score (nSPS) is 15.9. The van der Waals surface area contributed by atoms with Crippen molar-refractivity contribution in [2.45, 2.75) is 41.9 Å². The Morgan fingerprint density at radius 3 is 2.31 bits per heavy atom. The van der Waals surface area contributed by atoms with Gasteiger partial charge in [-0.2, -0.15) is 8.78 Å². The van der Waals surface area contributed by atoms with Crippen molar-refractivity contribution in [1.29, 1.82) is 0 Å². The molecule has 0 aromatic heterocycles. The number of hydrogen-bond acceptors (Lipinski definition) is 5. The summed E-state index contributed by atoms with van der Waals surface area (Å²) in [6.45, 7) is -3.07. The Bertz CT molecular complexity index is 974. The molecule has 1 N–H and O–H groups in total. The van der Waals surface area contributed by atoms with Crippen molar-refractivity contribution in [3.63, 3.8) is 0 Å². The van der Waals surface area contributed by atoms with Crippen molar-refractivity contribution >= 4 is 21.4 Å². The number of carbonyl (C=O) groups is 1. The minimum atomic E-state index is -3.95. The van der Waals surface area contributed by atoms with Crippen LogP contribution in [-0.2, 0) is 14.6 Å². The molecule has 2 aromatic carbocycles. The highest BCUT2D eigenvalue weighted by molar-refractivity contribution is 7.93. The molecule has 1 saturated carbocycles. The maximum Gasteiger partial charge on any atom is 0.387 e. The third-order valence-corrected chi connectivity index (χ3v) is 7.55. The first-order chi connectivity index (χ1) is 13.8. The molecule has 0 saturated heterocycles. The molecular formula is C20H21F2NO5S. The summed E-state index contributed by atoms with van der Waals surface area (Å²) in [5.41, 5.74) is 0.140. The van der Waals surface area contributed by atoms with Crippen molar-refractivity contribution in [2.75, 3.05) is 12.4 Å². The number of sulfone groups is 1. The zero-order chi connectivity index (χ0) is 21.1. The average Bonchev–Trinajstić information content (AvgIpc) is 3.20. The van der Waals surface area contributed by atoms with E-state index < -0.39 is 27.1 Å². The standard InChI is InChI=1S/C20H21F2NO5S/c1-27-16-10-9-14(13-17(16)28-19(21)22)23-18(24)20(11-5-6-12-20)29(25,26)15-7-3-2-4-8-15/h2-4,7-10,13,19H,5-6,11-12H2,1H3,(H,23,24). The zero-order valence-electron chi connectivity index (χ0n) is 15.7. The van der Waals surface area contributed by atoms with E-state index in [0.29, 0.717) is 12.8 Å². The first kappa shape index (κ1) is 21.0. The maximum absolute atomic E-state index is 13.3. The van der Waals surface area contributed by atoms with Crippen LogP contribution in [0.15, 0.2) is 53.4 Å². The van der Waals surface area contributed by atoms with Crippen molar-refractivity contribution in [3.8, 4) is 11.5 Å². The van der Waals surface area contributed by atoms with Gasteiger partial charge in [0.25, 0.3) is 0 Å². The van der Waals surface area contributed by atoms with Crippen molar-refractivity contribution in [1.82, 2.24) is 0 Å². The molecule has 0 bridgehead atoms. The molecule has 0 spiro atoms. The number of ether oxygens (including phenoxy) is 2. The number of methoxy groups -OCH3 is 1. The molecule has 3 rings (SSSR count). The molecule has 2 aromatic rings. The second-order valence-corrected chi connectivity index (χ2v) is 8.98. The topological polar surface area (TPSA) is 81.7 Å². The van der Waals surface area contributed by atoms with Crippen molar-refractivity contribution in [2.24, 2.45) is 0 Å². The van der Waals surface area contributed by atoms with Gasteiger partial charge in [-0.15, -0.1) is 0 Å². The first-order valence-electron chi connectivity index (χ1n) is 9.04. The van der Waals surface area contributed by atoms with Gasteiger partial charge < -0.3 is 14.8 Å². The number of rotatable bonds is 7. The third-order valence-electron chi connectivity index (χ3n) is 5.03. The van der Waals surface area contributed by atoms with E-state index in [0.717, 1.165) is 0 Å². The van der Waals surface area contributed by atoms with E-state index in [1.807, 2.05) is 0 Å². The Morgan fingerprint density at radius 2 is 1.72 bits per heavy atom. The summed E-state index contributed by atoms with van der Waals surface area (Å²) in [7, 11) is -2.65. The van der Waals surface area contributed by atoms with Crippen LogP contribution in [0.3, 0.4) is 0 Å². The Balaban J connectivity index is 1.94. The molecule has 156 valence electrons. The highest BCUT2D eigenvalue weighted by Gasteiger charge is 2.52. The fraction of sp³-hybridized carbons (Fsp3) is 0.350. The quantitative estimate of drug-likeness (QED) is 0.725. The van der Waals surface area contributed by atoms with Crippen LogP contribution >= 0.6 is 0 Å². The molecular weight excluding hydrogens is 404 g/mol. The molecule has 0 atom stereocenters. The van der Waals surface area contributed by atoms with E-state index >= 15 is 0 Å². The van der Waals surface area contributed by atoms with Gasteiger partial charge in [-0.25, -0.2) is 8.42 Å². The van der Waals surface area contributed by atoms with Crippen LogP contribution in [-0.4, -0.2) is 32.8 Å². The van der Waals surface area contributed by atoms with Crippen LogP contribution in [0.5, 0.6) is 11.5 Å². The highest BCUT2D eigenvalue weighted by Crippen LogP contribution is 2.42. The van der Waals surface area contributed by atoms with Crippen LogP contribution in [0.25, 0.3) is 0 Å². The zero-order valence-corrected chi connectivity index (χ0v) is 16.5. The number of alkyl halides is 2. The van der Waals surface area contributed by atoms with Gasteiger partial charge in [0.15, 0.2) is 26.1 Å². The number of hydrogen-bond donors (Lipinski definition) is 1. The average molecular weight is 425 g/mol. The summed E-state index contributed by atoms with van der Waals surface area (Å²) in [6.07, 6.45) is 1.57. The minimum Gasteiger partial charge on any atom is -0.493 e. The molecule has 1 amide bonds. The molecule has 1 aliphatic carbocycles. The molecule has 1 fully saturated rings. The Labute approximate surface area is 167 Å². The Hall–Kier alpha value is -2.68. The summed E-state index contributed by atoms with van der Waals surface area (Å²) < 4.78 is 59.6. The van der Waals surface area contributed by atoms with Crippen LogP contribution in [0.4, 0.5) is 14.5 Å². The lowest BCUT2D eigenvalue weighted by Crippen LogP contribution is -2.47. The van der Waals surface area contributed by atoms with Crippen LogP contribution in [0, 0.1) is 0 Å². The predicted molar refractivity (Wildman–Crippen MR) is 103 cm³/mol. The van der Waals surface area contributed by atoms with Crippen LogP contribution in [0.2, 0.25) is 0 Å². The molecule has 0 unspecified atom stereocenters. The second-order valence-electron chi connectivity index (χ2n) is 6.72. The summed E-state index contributed by atoms with van der Waals surface area (Å²) in [5, 5.41) is 2.57. The van der Waals surface area contributed by atoms with E-state index in [-0.39, 0.29) is 34.9 Å². The lowest BCUT2D eigenvalue weighted by molar-refractivity contribution is -0.118. The van der Waals surface area contributed by atoms with Crippen molar-refractivity contribution in [3.05, 3.63) is 48.5 Å². The number of benzene rings is 2. The first-order valence-corrected chi connectivity index (χ1v) is 10.5. The number of halogens is 2. The summed E-state index contributed by atoms with van der Waals surface area (Å²) in [5.74, 6) is -0.880. The SMILES string of the molecule is COc1ccc(NC(=O)C2(S(=O)(=O)c3ccccc3)CCCC2)cc1OC(F)F. The van der Waals surface area contributed by atoms with E-state index in [1.54, 1.807) is 18.2 Å². The fourth-order valence-electron chi connectivity index (χ4n) is 3.58. The fourth-order valence-corrected chi connectivity index (χ4v) is 5.66. The number of anilines is 1. The number of amides is 1. The summed E-state index contributed by atoms with van der Waals surface area (Å²) >= 11 is 0. The lowest BCUT2D eigenvalue weighted by Gasteiger charge is -2.27. The van der Waals surface area contributed by atoms with Gasteiger partial charge in [0.05, 0.1) is 12.0 Å². The van der Waals surface area contributed by atoms with E-state index in [4.69, 9.17) is 4.74 Å². The highest BCUT2D eigenvalue weighted by atomic mass is 32.2. The smallest absolute Gasteiger partial charge is 0.387 e. The molecule has 0 heterocycles. The summed E-state index contributed by atoms with van der Waals surface area (Å²) in [4.78, 5) is 13.2. The molecule has 6 nitrogen and oxygen atoms in total. The van der Waals surface area contributed by atoms with E-state index in [9.17, 15) is 22.0 Å². The van der Waals surface area contributed by atoms with Gasteiger partial charge in [-0.05, 0) is 37.1 Å². The number of nitrogens with one attached hydrogen (secondary N) is 1. The predicted octanol–water partition coefficient (Wildman–Crippen LogP) is 4.02. The second kappa shape index (κ2) is 8.36. The Morgan fingerprint density at radius 1 is 1.07 bits per heavy atom. The maximum atomic E-state index is 13.3. The molecule has 0 radical (unpaired) electrons. The van der Waals surface area contributed by atoms with Gasteiger partial charge in [-0.3, -0.25) is 4.79 Å². The van der Waals surface area contributed by atoms with Gasteiger partial charge in [0.2, 0.25) is 5.91 Å². The molecule has 1 aliphatic rings. The number of carbonyl (C=O) groups excluding carboxylic acids is 1. The van der Waals surface area contributed by atoms with Gasteiger partial charge in [-0.1, -0.05) is 31.0 Å².